The topological polar surface area (TPSA) is 98.9 Å². The molecule has 0 saturated heterocycles. The van der Waals surface area contributed by atoms with E-state index in [0.717, 1.165) is 19.3 Å². The van der Waals surface area contributed by atoms with Crippen molar-refractivity contribution >= 4 is 5.97 Å². The summed E-state index contributed by atoms with van der Waals surface area (Å²) < 4.78 is 17.9. The number of esters is 1. The molecule has 2 aromatic rings. The molecular weight excluding hydrogens is 434 g/mol. The van der Waals surface area contributed by atoms with Crippen LogP contribution in [0.15, 0.2) is 39.8 Å². The van der Waals surface area contributed by atoms with Gasteiger partial charge in [-0.05, 0) is 56.1 Å². The normalized spacial score (nSPS) is 35.8. The van der Waals surface area contributed by atoms with Crippen LogP contribution in [0.25, 0.3) is 11.3 Å². The zero-order chi connectivity index (χ0) is 24.5. The number of carbonyl (C=O) groups is 1. The molecule has 0 amide bonds. The fourth-order valence-electron chi connectivity index (χ4n) is 7.54. The minimum Gasteiger partial charge on any atom is -0.486 e. The Morgan fingerprint density at radius 1 is 1.21 bits per heavy atom. The van der Waals surface area contributed by atoms with Crippen LogP contribution in [-0.2, 0) is 9.53 Å². The molecular formula is C27H33NO6. The third kappa shape index (κ3) is 3.31. The standard InChI is InChI=1S/C27H33NO6/c1-15(29)32-20-9-10-26(4)19(25(20,2)3)8-11-27(5)23(26)22(30)21-18(34-27)13-17(33-24(21)31)16-7-6-12-28-14-16/h6-7,12-14,19-20,22-23,30H,8-11H2,1-5H3/t19?,20-,22+,23?,26-,27+/m0/s1. The minimum atomic E-state index is -1.01. The number of fused-ring (bicyclic) bond motifs is 4. The molecule has 1 N–H and O–H groups in total. The molecule has 6 atom stereocenters. The smallest absolute Gasteiger partial charge is 0.345 e. The van der Waals surface area contributed by atoms with Gasteiger partial charge in [0, 0.05) is 42.3 Å². The Bertz CT molecular complexity index is 1170. The number of aliphatic hydroxyl groups is 1. The van der Waals surface area contributed by atoms with Gasteiger partial charge in [0.15, 0.2) is 0 Å². The summed E-state index contributed by atoms with van der Waals surface area (Å²) in [6.45, 7) is 10.0. The zero-order valence-electron chi connectivity index (χ0n) is 20.5. The molecule has 2 fully saturated rings. The first-order chi connectivity index (χ1) is 16.0. The van der Waals surface area contributed by atoms with Crippen molar-refractivity contribution in [2.45, 2.75) is 78.1 Å². The highest BCUT2D eigenvalue weighted by Gasteiger charge is 2.65. The Morgan fingerprint density at radius 3 is 2.65 bits per heavy atom. The van der Waals surface area contributed by atoms with Crippen LogP contribution in [0.5, 0.6) is 5.75 Å². The quantitative estimate of drug-likeness (QED) is 0.641. The number of hydrogen-bond acceptors (Lipinski definition) is 7. The lowest BCUT2D eigenvalue weighted by atomic mass is 9.43. The molecule has 0 bridgehead atoms. The van der Waals surface area contributed by atoms with Gasteiger partial charge in [-0.25, -0.2) is 4.79 Å². The van der Waals surface area contributed by atoms with E-state index in [1.54, 1.807) is 24.5 Å². The number of carbonyl (C=O) groups excluding carboxylic acids is 1. The third-order valence-electron chi connectivity index (χ3n) is 8.93. The van der Waals surface area contributed by atoms with Crippen LogP contribution in [0.4, 0.5) is 0 Å². The summed E-state index contributed by atoms with van der Waals surface area (Å²) in [5.41, 5.74) is -0.925. The van der Waals surface area contributed by atoms with E-state index in [1.165, 1.54) is 6.92 Å². The summed E-state index contributed by atoms with van der Waals surface area (Å²) in [7, 11) is 0. The van der Waals surface area contributed by atoms with Crippen molar-refractivity contribution in [3.8, 4) is 17.1 Å². The number of rotatable bonds is 2. The van der Waals surface area contributed by atoms with Gasteiger partial charge in [-0.1, -0.05) is 20.8 Å². The largest absolute Gasteiger partial charge is 0.486 e. The second kappa shape index (κ2) is 7.67. The Morgan fingerprint density at radius 2 is 1.97 bits per heavy atom. The molecule has 2 saturated carbocycles. The first kappa shape index (κ1) is 23.1. The van der Waals surface area contributed by atoms with E-state index in [2.05, 4.69) is 32.7 Å². The minimum absolute atomic E-state index is 0.173. The second-order valence-electron chi connectivity index (χ2n) is 11.3. The molecule has 2 unspecified atom stereocenters. The molecule has 5 rings (SSSR count). The average Bonchev–Trinajstić information content (AvgIpc) is 2.75. The van der Waals surface area contributed by atoms with Crippen LogP contribution in [-0.4, -0.2) is 27.8 Å². The zero-order valence-corrected chi connectivity index (χ0v) is 20.5. The molecule has 3 aliphatic rings. The van der Waals surface area contributed by atoms with Gasteiger partial charge >= 0.3 is 11.6 Å². The average molecular weight is 468 g/mol. The SMILES string of the molecule is CC(=O)O[C@H]1CC[C@@]2(C)C(CC[C@@]3(C)Oc4cc(-c5cccnc5)oc(=O)c4[C@@H](O)C23)C1(C)C. The second-order valence-corrected chi connectivity index (χ2v) is 11.3. The van der Waals surface area contributed by atoms with E-state index in [0.29, 0.717) is 23.5 Å². The maximum atomic E-state index is 13.1. The predicted octanol–water partition coefficient (Wildman–Crippen LogP) is 4.67. The van der Waals surface area contributed by atoms with Gasteiger partial charge < -0.3 is 19.0 Å². The van der Waals surface area contributed by atoms with E-state index in [1.807, 2.05) is 6.07 Å². The van der Waals surface area contributed by atoms with E-state index in [4.69, 9.17) is 13.9 Å². The van der Waals surface area contributed by atoms with Crippen LogP contribution >= 0.6 is 0 Å². The molecule has 2 aromatic heterocycles. The van der Waals surface area contributed by atoms with Gasteiger partial charge in [0.25, 0.3) is 0 Å². The van der Waals surface area contributed by atoms with Crippen molar-refractivity contribution in [2.24, 2.45) is 22.7 Å². The number of hydrogen-bond donors (Lipinski definition) is 1. The summed E-state index contributed by atoms with van der Waals surface area (Å²) in [4.78, 5) is 29.0. The van der Waals surface area contributed by atoms with Crippen LogP contribution in [0, 0.1) is 22.7 Å². The maximum absolute atomic E-state index is 13.1. The van der Waals surface area contributed by atoms with Gasteiger partial charge in [0.2, 0.25) is 0 Å². The Kier molecular flexibility index (Phi) is 5.21. The number of aliphatic hydroxyl groups excluding tert-OH is 1. The summed E-state index contributed by atoms with van der Waals surface area (Å²) in [5.74, 6) is 0.387. The molecule has 2 aliphatic carbocycles. The molecule has 0 radical (unpaired) electrons. The molecule has 1 aliphatic heterocycles. The fourth-order valence-corrected chi connectivity index (χ4v) is 7.54. The van der Waals surface area contributed by atoms with Gasteiger partial charge in [0.05, 0.1) is 6.10 Å². The molecule has 0 spiro atoms. The van der Waals surface area contributed by atoms with Crippen molar-refractivity contribution in [1.29, 1.82) is 0 Å². The third-order valence-corrected chi connectivity index (χ3v) is 8.93. The maximum Gasteiger partial charge on any atom is 0.345 e. The monoisotopic (exact) mass is 467 g/mol. The Labute approximate surface area is 199 Å². The first-order valence-electron chi connectivity index (χ1n) is 12.1. The summed E-state index contributed by atoms with van der Waals surface area (Å²) >= 11 is 0. The molecule has 7 nitrogen and oxygen atoms in total. The number of pyridine rings is 1. The summed E-state index contributed by atoms with van der Waals surface area (Å²) in [6, 6.07) is 5.30. The van der Waals surface area contributed by atoms with Crippen molar-refractivity contribution in [1.82, 2.24) is 4.98 Å². The summed E-state index contributed by atoms with van der Waals surface area (Å²) in [5, 5.41) is 11.7. The van der Waals surface area contributed by atoms with Crippen molar-refractivity contribution in [3.63, 3.8) is 0 Å². The molecule has 0 aromatic carbocycles. The van der Waals surface area contributed by atoms with Crippen molar-refractivity contribution in [2.75, 3.05) is 0 Å². The first-order valence-corrected chi connectivity index (χ1v) is 12.1. The van der Waals surface area contributed by atoms with Crippen molar-refractivity contribution in [3.05, 3.63) is 46.6 Å². The van der Waals surface area contributed by atoms with Crippen molar-refractivity contribution < 1.29 is 23.8 Å². The van der Waals surface area contributed by atoms with Crippen LogP contribution < -0.4 is 10.4 Å². The fraction of sp³-hybridized carbons (Fsp3) is 0.593. The van der Waals surface area contributed by atoms with E-state index in [-0.39, 0.29) is 40.3 Å². The van der Waals surface area contributed by atoms with E-state index < -0.39 is 17.3 Å². The van der Waals surface area contributed by atoms with Gasteiger partial charge in [0.1, 0.15) is 28.8 Å². The lowest BCUT2D eigenvalue weighted by Gasteiger charge is -2.65. The van der Waals surface area contributed by atoms with Gasteiger partial charge in [-0.3, -0.25) is 9.78 Å². The Balaban J connectivity index is 1.57. The molecule has 7 heteroatoms. The molecule has 3 heterocycles. The number of aromatic nitrogens is 1. The molecule has 34 heavy (non-hydrogen) atoms. The Hall–Kier alpha value is -2.67. The molecule has 182 valence electrons. The number of ether oxygens (including phenoxy) is 2. The lowest BCUT2D eigenvalue weighted by molar-refractivity contribution is -0.227. The van der Waals surface area contributed by atoms with Gasteiger partial charge in [-0.15, -0.1) is 0 Å². The number of nitrogens with zero attached hydrogens (tertiary/aromatic N) is 1. The van der Waals surface area contributed by atoms with Crippen LogP contribution in [0.3, 0.4) is 0 Å². The van der Waals surface area contributed by atoms with Crippen LogP contribution in [0.1, 0.15) is 72.0 Å². The highest BCUT2D eigenvalue weighted by atomic mass is 16.5. The van der Waals surface area contributed by atoms with E-state index >= 15 is 0 Å². The van der Waals surface area contributed by atoms with Gasteiger partial charge in [-0.2, -0.15) is 0 Å². The van der Waals surface area contributed by atoms with Crippen LogP contribution in [0.2, 0.25) is 0 Å². The lowest BCUT2D eigenvalue weighted by Crippen LogP contribution is -2.65. The predicted molar refractivity (Wildman–Crippen MR) is 125 cm³/mol. The highest BCUT2D eigenvalue weighted by molar-refractivity contribution is 5.66. The highest BCUT2D eigenvalue weighted by Crippen LogP contribution is 2.66. The summed E-state index contributed by atoms with van der Waals surface area (Å²) in [6.07, 6.45) is 5.19. The van der Waals surface area contributed by atoms with E-state index in [9.17, 15) is 14.7 Å².